The van der Waals surface area contributed by atoms with Crippen LogP contribution < -0.4 is 0 Å². The van der Waals surface area contributed by atoms with Crippen LogP contribution in [0.2, 0.25) is 0 Å². The molecule has 8 heteroatoms. The zero-order chi connectivity index (χ0) is 18.3. The third kappa shape index (κ3) is 4.95. The van der Waals surface area contributed by atoms with Crippen LogP contribution in [0.1, 0.15) is 20.7 Å². The first-order chi connectivity index (χ1) is 11.2. The van der Waals surface area contributed by atoms with Crippen molar-refractivity contribution < 1.29 is 39.6 Å². The number of rotatable bonds is 4. The topological polar surface area (TPSA) is 149 Å². The molecule has 8 nitrogen and oxygen atoms in total. The van der Waals surface area contributed by atoms with E-state index < -0.39 is 23.9 Å². The minimum atomic E-state index is -1.26. The second kappa shape index (κ2) is 8.08. The molecular formula is C16H12O8. The summed E-state index contributed by atoms with van der Waals surface area (Å²) in [5.41, 5.74) is -0.350. The van der Waals surface area contributed by atoms with Gasteiger partial charge in [0.25, 0.3) is 0 Å². The minimum absolute atomic E-state index is 0.161. The maximum absolute atomic E-state index is 11.1. The van der Waals surface area contributed by atoms with Gasteiger partial charge in [-0.2, -0.15) is 0 Å². The molecule has 2 rings (SSSR count). The molecule has 0 bridgehead atoms. The van der Waals surface area contributed by atoms with Crippen molar-refractivity contribution in [3.05, 3.63) is 59.7 Å². The molecular weight excluding hydrogens is 320 g/mol. The first kappa shape index (κ1) is 18.4. The SMILES string of the molecule is O=C(O)/C=C\C(=O)O.O=C(O)c1ccc2ccccc2c1C(=O)O. The Hall–Kier alpha value is -3.68. The highest BCUT2D eigenvalue weighted by atomic mass is 16.4. The number of carboxylic acids is 4. The van der Waals surface area contributed by atoms with Crippen LogP contribution in [0.25, 0.3) is 10.8 Å². The van der Waals surface area contributed by atoms with Crippen LogP contribution in [-0.4, -0.2) is 44.3 Å². The maximum Gasteiger partial charge on any atom is 0.337 e. The number of hydrogen-bond donors (Lipinski definition) is 4. The summed E-state index contributed by atoms with van der Waals surface area (Å²) in [6, 6.07) is 9.72. The summed E-state index contributed by atoms with van der Waals surface area (Å²) in [6.07, 6.45) is 1.12. The molecule has 0 saturated carbocycles. The summed E-state index contributed by atoms with van der Waals surface area (Å²) in [5.74, 6) is -4.97. The number of hydrogen-bond acceptors (Lipinski definition) is 4. The number of aromatic carboxylic acids is 2. The minimum Gasteiger partial charge on any atom is -0.478 e. The monoisotopic (exact) mass is 332 g/mol. The normalized spacial score (nSPS) is 10.0. The molecule has 0 aliphatic carbocycles. The fourth-order valence-corrected chi connectivity index (χ4v) is 1.82. The maximum atomic E-state index is 11.1. The van der Waals surface area contributed by atoms with Gasteiger partial charge in [-0.1, -0.05) is 30.3 Å². The molecule has 124 valence electrons. The zero-order valence-electron chi connectivity index (χ0n) is 12.0. The molecule has 0 radical (unpaired) electrons. The average molecular weight is 332 g/mol. The predicted molar refractivity (Wildman–Crippen MR) is 82.3 cm³/mol. The van der Waals surface area contributed by atoms with Gasteiger partial charge >= 0.3 is 23.9 Å². The molecule has 4 N–H and O–H groups in total. The van der Waals surface area contributed by atoms with Gasteiger partial charge in [0.1, 0.15) is 0 Å². The van der Waals surface area contributed by atoms with E-state index in [1.165, 1.54) is 6.07 Å². The third-order valence-corrected chi connectivity index (χ3v) is 2.74. The second-order valence-corrected chi connectivity index (χ2v) is 4.33. The van der Waals surface area contributed by atoms with E-state index in [0.717, 1.165) is 0 Å². The standard InChI is InChI=1S/C12H8O4.C4H4O4/c13-11(14)9-6-5-7-3-1-2-4-8(7)10(9)12(15)16;5-3(6)1-2-4(7)8/h1-6H,(H,13,14)(H,15,16);1-2H,(H,5,6)(H,7,8)/b;2-1-. The Morgan fingerprint density at radius 3 is 1.71 bits per heavy atom. The summed E-state index contributed by atoms with van der Waals surface area (Å²) in [5, 5.41) is 34.7. The van der Waals surface area contributed by atoms with Gasteiger partial charge in [-0.15, -0.1) is 0 Å². The second-order valence-electron chi connectivity index (χ2n) is 4.33. The number of carboxylic acid groups (broad SMARTS) is 4. The van der Waals surface area contributed by atoms with Gasteiger partial charge in [-0.3, -0.25) is 0 Å². The van der Waals surface area contributed by atoms with E-state index in [9.17, 15) is 19.2 Å². The Labute approximate surface area is 134 Å². The molecule has 2 aromatic rings. The lowest BCUT2D eigenvalue weighted by atomic mass is 9.99. The first-order valence-electron chi connectivity index (χ1n) is 6.36. The van der Waals surface area contributed by atoms with Crippen molar-refractivity contribution in [3.8, 4) is 0 Å². The third-order valence-electron chi connectivity index (χ3n) is 2.74. The van der Waals surface area contributed by atoms with E-state index in [2.05, 4.69) is 0 Å². The lowest BCUT2D eigenvalue weighted by Gasteiger charge is -2.05. The highest BCUT2D eigenvalue weighted by Gasteiger charge is 2.18. The van der Waals surface area contributed by atoms with Gasteiger partial charge in [-0.05, 0) is 16.8 Å². The predicted octanol–water partition coefficient (Wildman–Crippen LogP) is 1.95. The molecule has 2 aromatic carbocycles. The summed E-state index contributed by atoms with van der Waals surface area (Å²) in [7, 11) is 0. The van der Waals surface area contributed by atoms with Crippen molar-refractivity contribution >= 4 is 34.6 Å². The number of benzene rings is 2. The molecule has 0 fully saturated rings. The van der Waals surface area contributed by atoms with Crippen molar-refractivity contribution in [2.45, 2.75) is 0 Å². The Bertz CT molecular complexity index is 819. The molecule has 0 heterocycles. The Balaban J connectivity index is 0.000000307. The van der Waals surface area contributed by atoms with Crippen molar-refractivity contribution in [1.82, 2.24) is 0 Å². The van der Waals surface area contributed by atoms with Crippen LogP contribution in [0.4, 0.5) is 0 Å². The fourth-order valence-electron chi connectivity index (χ4n) is 1.82. The highest BCUT2D eigenvalue weighted by Crippen LogP contribution is 2.22. The van der Waals surface area contributed by atoms with Crippen molar-refractivity contribution in [2.75, 3.05) is 0 Å². The lowest BCUT2D eigenvalue weighted by Crippen LogP contribution is -2.08. The molecule has 0 spiro atoms. The van der Waals surface area contributed by atoms with Crippen LogP contribution in [0, 0.1) is 0 Å². The van der Waals surface area contributed by atoms with Crippen LogP contribution in [0.3, 0.4) is 0 Å². The number of fused-ring (bicyclic) bond motifs is 1. The lowest BCUT2D eigenvalue weighted by molar-refractivity contribution is -0.134. The van der Waals surface area contributed by atoms with Crippen LogP contribution >= 0.6 is 0 Å². The van der Waals surface area contributed by atoms with Gasteiger partial charge in [-0.25, -0.2) is 19.2 Å². The summed E-state index contributed by atoms with van der Waals surface area (Å²) >= 11 is 0. The summed E-state index contributed by atoms with van der Waals surface area (Å²) < 4.78 is 0. The van der Waals surface area contributed by atoms with Crippen molar-refractivity contribution in [3.63, 3.8) is 0 Å². The number of carbonyl (C=O) groups is 4. The van der Waals surface area contributed by atoms with Gasteiger partial charge in [0.2, 0.25) is 0 Å². The van der Waals surface area contributed by atoms with E-state index in [1.807, 2.05) is 0 Å². The highest BCUT2D eigenvalue weighted by molar-refractivity contribution is 6.11. The smallest absolute Gasteiger partial charge is 0.337 e. The van der Waals surface area contributed by atoms with E-state index in [4.69, 9.17) is 20.4 Å². The van der Waals surface area contributed by atoms with Crippen LogP contribution in [-0.2, 0) is 9.59 Å². The summed E-state index contributed by atoms with van der Waals surface area (Å²) in [6.45, 7) is 0. The van der Waals surface area contributed by atoms with Gasteiger partial charge in [0.05, 0.1) is 11.1 Å². The molecule has 0 saturated heterocycles. The Morgan fingerprint density at radius 2 is 1.25 bits per heavy atom. The number of aliphatic carboxylic acids is 2. The molecule has 0 amide bonds. The molecule has 0 aliphatic heterocycles. The van der Waals surface area contributed by atoms with Crippen LogP contribution in [0.5, 0.6) is 0 Å². The Morgan fingerprint density at radius 1 is 0.708 bits per heavy atom. The molecule has 24 heavy (non-hydrogen) atoms. The Kier molecular flexibility index (Phi) is 6.19. The van der Waals surface area contributed by atoms with Crippen molar-refractivity contribution in [1.29, 1.82) is 0 Å². The molecule has 0 unspecified atom stereocenters. The van der Waals surface area contributed by atoms with E-state index in [0.29, 0.717) is 22.9 Å². The average Bonchev–Trinajstić information content (AvgIpc) is 2.52. The van der Waals surface area contributed by atoms with Gasteiger partial charge in [0, 0.05) is 12.2 Å². The van der Waals surface area contributed by atoms with Gasteiger partial charge in [0.15, 0.2) is 0 Å². The van der Waals surface area contributed by atoms with Gasteiger partial charge < -0.3 is 20.4 Å². The van der Waals surface area contributed by atoms with E-state index in [1.54, 1.807) is 30.3 Å². The molecule has 0 atom stereocenters. The fraction of sp³-hybridized carbons (Fsp3) is 0. The first-order valence-corrected chi connectivity index (χ1v) is 6.36. The van der Waals surface area contributed by atoms with E-state index >= 15 is 0 Å². The quantitative estimate of drug-likeness (QED) is 0.620. The molecule has 0 aromatic heterocycles. The zero-order valence-corrected chi connectivity index (χ0v) is 12.0. The largest absolute Gasteiger partial charge is 0.478 e. The summed E-state index contributed by atoms with van der Waals surface area (Å²) in [4.78, 5) is 41.1. The van der Waals surface area contributed by atoms with Crippen molar-refractivity contribution in [2.24, 2.45) is 0 Å². The van der Waals surface area contributed by atoms with E-state index in [-0.39, 0.29) is 11.1 Å². The van der Waals surface area contributed by atoms with Crippen LogP contribution in [0.15, 0.2) is 48.6 Å². The molecule has 0 aliphatic rings.